The molecule has 6 heteroatoms. The Labute approximate surface area is 118 Å². The van der Waals surface area contributed by atoms with Gasteiger partial charge in [0.25, 0.3) is 5.91 Å². The van der Waals surface area contributed by atoms with Crippen LogP contribution in [0.5, 0.6) is 0 Å². The Kier molecular flexibility index (Phi) is 4.02. The number of nitrogens with zero attached hydrogens (tertiary/aromatic N) is 3. The van der Waals surface area contributed by atoms with Crippen LogP contribution in [0.4, 0.5) is 5.69 Å². The van der Waals surface area contributed by atoms with E-state index in [2.05, 4.69) is 15.3 Å². The maximum Gasteiger partial charge on any atom is 0.268 e. The van der Waals surface area contributed by atoms with Crippen molar-refractivity contribution in [3.8, 4) is 0 Å². The molecular weight excluding hydrogens is 254 g/mol. The van der Waals surface area contributed by atoms with E-state index in [4.69, 9.17) is 5.73 Å². The molecule has 6 nitrogen and oxygen atoms in total. The molecule has 0 radical (unpaired) electrons. The van der Waals surface area contributed by atoms with Crippen LogP contribution < -0.4 is 11.1 Å². The van der Waals surface area contributed by atoms with Crippen LogP contribution in [0.25, 0.3) is 0 Å². The second kappa shape index (κ2) is 5.73. The van der Waals surface area contributed by atoms with E-state index in [-0.39, 0.29) is 11.9 Å². The highest BCUT2D eigenvalue weighted by Gasteiger charge is 2.14. The Morgan fingerprint density at radius 2 is 2.15 bits per heavy atom. The van der Waals surface area contributed by atoms with Crippen molar-refractivity contribution in [3.63, 3.8) is 0 Å². The zero-order valence-electron chi connectivity index (χ0n) is 11.9. The number of hydrogen-bond acceptors (Lipinski definition) is 4. The predicted molar refractivity (Wildman–Crippen MR) is 77.2 cm³/mol. The highest BCUT2D eigenvalue weighted by atomic mass is 16.1. The van der Waals surface area contributed by atoms with Crippen LogP contribution in [0, 0.1) is 6.92 Å². The van der Waals surface area contributed by atoms with Gasteiger partial charge in [0, 0.05) is 18.4 Å². The average molecular weight is 273 g/mol. The van der Waals surface area contributed by atoms with Crippen molar-refractivity contribution < 1.29 is 4.79 Å². The molecule has 0 aromatic carbocycles. The number of nitrogens with two attached hydrogens (primary N) is 1. The summed E-state index contributed by atoms with van der Waals surface area (Å²) >= 11 is 0. The topological polar surface area (TPSA) is 85.8 Å². The minimum absolute atomic E-state index is 0.169. The number of carbonyl (C=O) groups excluding carboxylic acids is 1. The van der Waals surface area contributed by atoms with Crippen LogP contribution in [0.1, 0.15) is 41.8 Å². The van der Waals surface area contributed by atoms with Gasteiger partial charge in [-0.05, 0) is 26.8 Å². The molecule has 0 aliphatic heterocycles. The lowest BCUT2D eigenvalue weighted by molar-refractivity contribution is 0.0939. The quantitative estimate of drug-likeness (QED) is 0.887. The summed E-state index contributed by atoms with van der Waals surface area (Å²) in [5.74, 6) is -0.169. The standard InChI is InChI=1S/C14H19N5O/c1-9(2)19-8-11(15)4-13(19)14(20)18-7-12-6-16-10(3)5-17-12/h4-6,8-9H,7,15H2,1-3H3,(H,18,20). The summed E-state index contributed by atoms with van der Waals surface area (Å²) in [7, 11) is 0. The third-order valence-corrected chi connectivity index (χ3v) is 2.92. The van der Waals surface area contributed by atoms with Crippen molar-refractivity contribution in [2.45, 2.75) is 33.4 Å². The number of aryl methyl sites for hydroxylation is 1. The van der Waals surface area contributed by atoms with Gasteiger partial charge in [0.05, 0.1) is 29.8 Å². The summed E-state index contributed by atoms with van der Waals surface area (Å²) in [4.78, 5) is 20.5. The summed E-state index contributed by atoms with van der Waals surface area (Å²) in [6.07, 6.45) is 5.10. The molecule has 0 spiro atoms. The number of aromatic nitrogens is 3. The molecule has 0 aliphatic rings. The van der Waals surface area contributed by atoms with Gasteiger partial charge in [-0.25, -0.2) is 0 Å². The van der Waals surface area contributed by atoms with Gasteiger partial charge in [0.1, 0.15) is 5.69 Å². The summed E-state index contributed by atoms with van der Waals surface area (Å²) < 4.78 is 1.85. The van der Waals surface area contributed by atoms with E-state index in [1.54, 1.807) is 24.7 Å². The van der Waals surface area contributed by atoms with E-state index < -0.39 is 0 Å². The molecule has 3 N–H and O–H groups in total. The maximum absolute atomic E-state index is 12.2. The van der Waals surface area contributed by atoms with E-state index in [0.29, 0.717) is 17.9 Å². The molecule has 2 heterocycles. The zero-order valence-corrected chi connectivity index (χ0v) is 11.9. The molecule has 0 unspecified atom stereocenters. The van der Waals surface area contributed by atoms with Gasteiger partial charge >= 0.3 is 0 Å². The Balaban J connectivity index is 2.07. The first-order valence-corrected chi connectivity index (χ1v) is 6.50. The Morgan fingerprint density at radius 1 is 1.40 bits per heavy atom. The SMILES string of the molecule is Cc1cnc(CNC(=O)c2cc(N)cn2C(C)C)cn1. The minimum Gasteiger partial charge on any atom is -0.397 e. The fraction of sp³-hybridized carbons (Fsp3) is 0.357. The second-order valence-corrected chi connectivity index (χ2v) is 4.99. The van der Waals surface area contributed by atoms with Crippen LogP contribution in [-0.4, -0.2) is 20.4 Å². The average Bonchev–Trinajstić information content (AvgIpc) is 2.80. The van der Waals surface area contributed by atoms with Crippen LogP contribution in [0.15, 0.2) is 24.7 Å². The molecule has 20 heavy (non-hydrogen) atoms. The zero-order chi connectivity index (χ0) is 14.7. The molecule has 0 bridgehead atoms. The van der Waals surface area contributed by atoms with Crippen molar-refractivity contribution in [2.75, 3.05) is 5.73 Å². The molecule has 2 rings (SSSR count). The van der Waals surface area contributed by atoms with E-state index in [1.807, 2.05) is 25.3 Å². The van der Waals surface area contributed by atoms with E-state index >= 15 is 0 Å². The lowest BCUT2D eigenvalue weighted by Crippen LogP contribution is -2.26. The number of amides is 1. The third-order valence-electron chi connectivity index (χ3n) is 2.92. The Bertz CT molecular complexity index is 601. The first-order valence-electron chi connectivity index (χ1n) is 6.50. The van der Waals surface area contributed by atoms with Crippen molar-refractivity contribution in [1.29, 1.82) is 0 Å². The van der Waals surface area contributed by atoms with Crippen LogP contribution >= 0.6 is 0 Å². The summed E-state index contributed by atoms with van der Waals surface area (Å²) in [6, 6.07) is 1.85. The minimum atomic E-state index is -0.169. The molecule has 0 fully saturated rings. The van der Waals surface area contributed by atoms with Crippen molar-refractivity contribution in [3.05, 3.63) is 41.7 Å². The molecule has 0 saturated carbocycles. The van der Waals surface area contributed by atoms with Gasteiger partial charge in [-0.15, -0.1) is 0 Å². The molecule has 0 atom stereocenters. The number of nitrogen functional groups attached to an aromatic ring is 1. The highest BCUT2D eigenvalue weighted by molar-refractivity contribution is 5.93. The van der Waals surface area contributed by atoms with Gasteiger partial charge in [0.2, 0.25) is 0 Å². The number of rotatable bonds is 4. The Morgan fingerprint density at radius 3 is 2.75 bits per heavy atom. The second-order valence-electron chi connectivity index (χ2n) is 4.99. The molecule has 0 saturated heterocycles. The monoisotopic (exact) mass is 273 g/mol. The lowest BCUT2D eigenvalue weighted by Gasteiger charge is -2.12. The highest BCUT2D eigenvalue weighted by Crippen LogP contribution is 2.16. The number of nitrogens with one attached hydrogen (secondary N) is 1. The van der Waals surface area contributed by atoms with Gasteiger partial charge in [-0.2, -0.15) is 0 Å². The molecular formula is C14H19N5O. The summed E-state index contributed by atoms with van der Waals surface area (Å²) in [6.45, 7) is 6.21. The normalized spacial score (nSPS) is 10.8. The molecule has 106 valence electrons. The van der Waals surface area contributed by atoms with Crippen LogP contribution in [0.3, 0.4) is 0 Å². The first-order chi connectivity index (χ1) is 9.47. The largest absolute Gasteiger partial charge is 0.397 e. The smallest absolute Gasteiger partial charge is 0.268 e. The third kappa shape index (κ3) is 3.14. The lowest BCUT2D eigenvalue weighted by atomic mass is 10.3. The van der Waals surface area contributed by atoms with Crippen LogP contribution in [-0.2, 0) is 6.54 Å². The van der Waals surface area contributed by atoms with Gasteiger partial charge in [-0.3, -0.25) is 14.8 Å². The number of anilines is 1. The van der Waals surface area contributed by atoms with Crippen molar-refractivity contribution in [1.82, 2.24) is 19.9 Å². The van der Waals surface area contributed by atoms with Crippen molar-refractivity contribution >= 4 is 11.6 Å². The predicted octanol–water partition coefficient (Wildman–Crippen LogP) is 1.68. The fourth-order valence-electron chi connectivity index (χ4n) is 1.88. The van der Waals surface area contributed by atoms with Crippen molar-refractivity contribution in [2.24, 2.45) is 0 Å². The molecule has 2 aromatic heterocycles. The molecule has 1 amide bonds. The number of hydrogen-bond donors (Lipinski definition) is 2. The maximum atomic E-state index is 12.2. The van der Waals surface area contributed by atoms with E-state index in [9.17, 15) is 4.79 Å². The Hall–Kier alpha value is -2.37. The number of carbonyl (C=O) groups is 1. The molecule has 2 aromatic rings. The van der Waals surface area contributed by atoms with Gasteiger partial charge in [0.15, 0.2) is 0 Å². The van der Waals surface area contributed by atoms with E-state index in [1.165, 1.54) is 0 Å². The van der Waals surface area contributed by atoms with E-state index in [0.717, 1.165) is 11.4 Å². The van der Waals surface area contributed by atoms with Crippen LogP contribution in [0.2, 0.25) is 0 Å². The summed E-state index contributed by atoms with van der Waals surface area (Å²) in [5.41, 5.74) is 8.46. The fourth-order valence-corrected chi connectivity index (χ4v) is 1.88. The molecule has 0 aliphatic carbocycles. The van der Waals surface area contributed by atoms with Gasteiger partial charge < -0.3 is 15.6 Å². The van der Waals surface area contributed by atoms with Gasteiger partial charge in [-0.1, -0.05) is 0 Å². The first kappa shape index (κ1) is 14.0. The summed E-state index contributed by atoms with van der Waals surface area (Å²) in [5, 5.41) is 2.83.